The molecule has 0 unspecified atom stereocenters. The fourth-order valence-electron chi connectivity index (χ4n) is 4.53. The maximum atomic E-state index is 13.1. The van der Waals surface area contributed by atoms with Crippen LogP contribution in [0.25, 0.3) is 11.0 Å². The summed E-state index contributed by atoms with van der Waals surface area (Å²) >= 11 is 0. The number of carbonyl (C=O) groups excluding carboxylic acids is 2. The Labute approximate surface area is 163 Å². The van der Waals surface area contributed by atoms with Crippen molar-refractivity contribution in [1.29, 1.82) is 0 Å². The molecule has 1 spiro atoms. The first-order chi connectivity index (χ1) is 13.6. The number of likely N-dealkylation sites (N-methyl/N-ethyl adjacent to an activating group) is 1. The summed E-state index contributed by atoms with van der Waals surface area (Å²) < 4.78 is 0. The van der Waals surface area contributed by atoms with Gasteiger partial charge in [0.2, 0.25) is 5.91 Å². The predicted molar refractivity (Wildman–Crippen MR) is 104 cm³/mol. The second-order valence-electron chi connectivity index (χ2n) is 8.11. The first-order valence-electron chi connectivity index (χ1n) is 9.91. The highest BCUT2D eigenvalue weighted by atomic mass is 16.2. The number of nitrogens with zero attached hydrogens (tertiary/aromatic N) is 6. The molecule has 0 radical (unpaired) electrons. The predicted octanol–water partition coefficient (Wildman–Crippen LogP) is 0.897. The third-order valence-corrected chi connectivity index (χ3v) is 6.26. The molecule has 9 heteroatoms. The van der Waals surface area contributed by atoms with Gasteiger partial charge in [-0.2, -0.15) is 0 Å². The van der Waals surface area contributed by atoms with Gasteiger partial charge in [0, 0.05) is 46.0 Å². The van der Waals surface area contributed by atoms with Crippen LogP contribution in [0.4, 0.5) is 10.6 Å². The SMILES string of the molecule is CN1CCN(CC(=O)N2CCCN(c3ncnc4[nH]ccc34)CC23CC3)C1=O. The minimum absolute atomic E-state index is 0.0505. The number of anilines is 1. The van der Waals surface area contributed by atoms with Gasteiger partial charge in [-0.3, -0.25) is 4.79 Å². The lowest BCUT2D eigenvalue weighted by atomic mass is 10.2. The van der Waals surface area contributed by atoms with E-state index in [4.69, 9.17) is 0 Å². The van der Waals surface area contributed by atoms with Crippen LogP contribution in [-0.2, 0) is 4.79 Å². The van der Waals surface area contributed by atoms with E-state index in [9.17, 15) is 9.59 Å². The molecule has 9 nitrogen and oxygen atoms in total. The lowest BCUT2D eigenvalue weighted by Gasteiger charge is -2.33. The Hall–Kier alpha value is -2.84. The second kappa shape index (κ2) is 6.35. The number of hydrogen-bond donors (Lipinski definition) is 1. The zero-order valence-corrected chi connectivity index (χ0v) is 16.1. The summed E-state index contributed by atoms with van der Waals surface area (Å²) in [5, 5.41) is 1.02. The summed E-state index contributed by atoms with van der Waals surface area (Å²) in [5.41, 5.74) is 0.708. The summed E-state index contributed by atoms with van der Waals surface area (Å²) in [4.78, 5) is 44.9. The Morgan fingerprint density at radius 1 is 1.21 bits per heavy atom. The number of rotatable bonds is 3. The highest BCUT2D eigenvalue weighted by Crippen LogP contribution is 2.45. The van der Waals surface area contributed by atoms with Crippen LogP contribution in [0.5, 0.6) is 0 Å². The molecule has 2 aromatic rings. The number of H-pyrrole nitrogens is 1. The first-order valence-corrected chi connectivity index (χ1v) is 9.91. The van der Waals surface area contributed by atoms with Gasteiger partial charge < -0.3 is 24.6 Å². The zero-order valence-electron chi connectivity index (χ0n) is 16.1. The number of nitrogens with one attached hydrogen (secondary N) is 1. The standard InChI is InChI=1S/C19H25N7O2/c1-23-9-10-24(18(23)28)11-15(27)26-8-2-7-25(12-19(26)4-5-19)17-14-3-6-20-16(14)21-13-22-17/h3,6,13H,2,4-5,7-12H2,1H3,(H,20,21,22). The Morgan fingerprint density at radius 2 is 2.07 bits per heavy atom. The zero-order chi connectivity index (χ0) is 19.3. The third-order valence-electron chi connectivity index (χ3n) is 6.26. The molecule has 0 atom stereocenters. The number of carbonyl (C=O) groups is 2. The van der Waals surface area contributed by atoms with Gasteiger partial charge in [-0.15, -0.1) is 0 Å². The summed E-state index contributed by atoms with van der Waals surface area (Å²) in [5.74, 6) is 1.00. The number of amides is 3. The van der Waals surface area contributed by atoms with E-state index in [0.717, 1.165) is 55.7 Å². The summed E-state index contributed by atoms with van der Waals surface area (Å²) in [6.07, 6.45) is 6.37. The lowest BCUT2D eigenvalue weighted by molar-refractivity contribution is -0.134. The summed E-state index contributed by atoms with van der Waals surface area (Å²) in [7, 11) is 1.78. The quantitative estimate of drug-likeness (QED) is 0.851. The molecule has 2 saturated heterocycles. The maximum absolute atomic E-state index is 13.1. The van der Waals surface area contributed by atoms with E-state index in [1.807, 2.05) is 17.2 Å². The van der Waals surface area contributed by atoms with E-state index in [0.29, 0.717) is 13.1 Å². The van der Waals surface area contributed by atoms with Gasteiger partial charge in [-0.25, -0.2) is 14.8 Å². The fraction of sp³-hybridized carbons (Fsp3) is 0.579. The molecular formula is C19H25N7O2. The van der Waals surface area contributed by atoms with Gasteiger partial charge in [0.25, 0.3) is 0 Å². The van der Waals surface area contributed by atoms with Gasteiger partial charge in [0.15, 0.2) is 0 Å². The van der Waals surface area contributed by atoms with Crippen LogP contribution in [0.3, 0.4) is 0 Å². The van der Waals surface area contributed by atoms with Crippen LogP contribution in [0.1, 0.15) is 19.3 Å². The average molecular weight is 383 g/mol. The molecule has 1 N–H and O–H groups in total. The van der Waals surface area contributed by atoms with Crippen molar-refractivity contribution >= 4 is 28.8 Å². The van der Waals surface area contributed by atoms with Crippen molar-refractivity contribution in [2.45, 2.75) is 24.8 Å². The Morgan fingerprint density at radius 3 is 2.82 bits per heavy atom. The highest BCUT2D eigenvalue weighted by Gasteiger charge is 2.52. The Balaban J connectivity index is 1.35. The number of aromatic nitrogens is 3. The van der Waals surface area contributed by atoms with Crippen LogP contribution >= 0.6 is 0 Å². The van der Waals surface area contributed by atoms with Crippen molar-refractivity contribution < 1.29 is 9.59 Å². The molecule has 3 amide bonds. The number of hydrogen-bond acceptors (Lipinski definition) is 5. The fourth-order valence-corrected chi connectivity index (χ4v) is 4.53. The van der Waals surface area contributed by atoms with E-state index >= 15 is 0 Å². The van der Waals surface area contributed by atoms with E-state index in [1.54, 1.807) is 23.2 Å². The minimum atomic E-state index is -0.129. The van der Waals surface area contributed by atoms with Crippen LogP contribution in [0.2, 0.25) is 0 Å². The van der Waals surface area contributed by atoms with Gasteiger partial charge in [-0.1, -0.05) is 0 Å². The van der Waals surface area contributed by atoms with E-state index < -0.39 is 0 Å². The molecule has 2 aromatic heterocycles. The normalized spacial score (nSPS) is 21.7. The average Bonchev–Trinajstić information content (AvgIpc) is 3.25. The van der Waals surface area contributed by atoms with Crippen molar-refractivity contribution in [2.75, 3.05) is 51.2 Å². The minimum Gasteiger partial charge on any atom is -0.354 e. The van der Waals surface area contributed by atoms with Gasteiger partial charge >= 0.3 is 6.03 Å². The molecule has 5 rings (SSSR count). The molecule has 1 saturated carbocycles. The molecule has 3 fully saturated rings. The molecule has 2 aliphatic heterocycles. The molecule has 0 bridgehead atoms. The van der Waals surface area contributed by atoms with Gasteiger partial charge in [0.1, 0.15) is 24.3 Å². The van der Waals surface area contributed by atoms with Gasteiger partial charge in [-0.05, 0) is 25.3 Å². The van der Waals surface area contributed by atoms with Crippen molar-refractivity contribution in [1.82, 2.24) is 29.7 Å². The largest absolute Gasteiger partial charge is 0.354 e. The van der Waals surface area contributed by atoms with Crippen LogP contribution in [0, 0.1) is 0 Å². The van der Waals surface area contributed by atoms with Crippen molar-refractivity contribution in [3.05, 3.63) is 18.6 Å². The van der Waals surface area contributed by atoms with Crippen molar-refractivity contribution in [3.63, 3.8) is 0 Å². The van der Waals surface area contributed by atoms with Crippen LogP contribution < -0.4 is 4.90 Å². The third kappa shape index (κ3) is 2.76. The smallest absolute Gasteiger partial charge is 0.320 e. The molecule has 28 heavy (non-hydrogen) atoms. The van der Waals surface area contributed by atoms with Crippen LogP contribution in [0.15, 0.2) is 18.6 Å². The van der Waals surface area contributed by atoms with E-state index in [2.05, 4.69) is 19.9 Å². The van der Waals surface area contributed by atoms with E-state index in [1.165, 1.54) is 0 Å². The monoisotopic (exact) mass is 383 g/mol. The molecule has 148 valence electrons. The van der Waals surface area contributed by atoms with Crippen LogP contribution in [-0.4, -0.2) is 93.4 Å². The maximum Gasteiger partial charge on any atom is 0.320 e. The second-order valence-corrected chi connectivity index (χ2v) is 8.11. The first kappa shape index (κ1) is 17.3. The summed E-state index contributed by atoms with van der Waals surface area (Å²) in [6, 6.07) is 1.96. The molecule has 4 heterocycles. The molecule has 3 aliphatic rings. The van der Waals surface area contributed by atoms with Crippen molar-refractivity contribution in [3.8, 4) is 0 Å². The Bertz CT molecular complexity index is 922. The number of aromatic amines is 1. The van der Waals surface area contributed by atoms with Crippen molar-refractivity contribution in [2.24, 2.45) is 0 Å². The highest BCUT2D eigenvalue weighted by molar-refractivity contribution is 5.88. The lowest BCUT2D eigenvalue weighted by Crippen LogP contribution is -2.50. The number of urea groups is 1. The Kier molecular flexibility index (Phi) is 3.92. The molecule has 1 aliphatic carbocycles. The van der Waals surface area contributed by atoms with E-state index in [-0.39, 0.29) is 24.0 Å². The summed E-state index contributed by atoms with van der Waals surface area (Å²) in [6.45, 7) is 3.86. The molecule has 0 aromatic carbocycles. The van der Waals surface area contributed by atoms with Gasteiger partial charge in [0.05, 0.1) is 10.9 Å². The topological polar surface area (TPSA) is 88.7 Å². The molecular weight excluding hydrogens is 358 g/mol. The number of fused-ring (bicyclic) bond motifs is 1.